The molecule has 2 atom stereocenters. The van der Waals surface area contributed by atoms with E-state index in [1.54, 1.807) is 0 Å². The molecular weight excluding hydrogens is 222 g/mol. The Morgan fingerprint density at radius 1 is 1.11 bits per heavy atom. The maximum absolute atomic E-state index is 5.84. The Hall–Kier alpha value is -0.0800. The van der Waals surface area contributed by atoms with Crippen molar-refractivity contribution < 1.29 is 4.74 Å². The van der Waals surface area contributed by atoms with Gasteiger partial charge in [0.05, 0.1) is 6.10 Å². The van der Waals surface area contributed by atoms with Crippen LogP contribution in [0.25, 0.3) is 0 Å². The second-order valence-electron chi connectivity index (χ2n) is 5.97. The normalized spacial score (nSPS) is 27.8. The zero-order valence-electron chi connectivity index (χ0n) is 12.8. The maximum atomic E-state index is 5.84. The Bertz CT molecular complexity index is 207. The zero-order valence-corrected chi connectivity index (χ0v) is 12.8. The first kappa shape index (κ1) is 16.0. The first-order valence-electron chi connectivity index (χ1n) is 8.07. The van der Waals surface area contributed by atoms with Crippen molar-refractivity contribution in [3.05, 3.63) is 0 Å². The highest BCUT2D eigenvalue weighted by atomic mass is 16.5. The minimum absolute atomic E-state index is 0.418. The van der Waals surface area contributed by atoms with Crippen LogP contribution in [0.5, 0.6) is 0 Å². The van der Waals surface area contributed by atoms with Gasteiger partial charge in [0.25, 0.3) is 0 Å². The number of unbranched alkanes of at least 4 members (excludes halogenated alkanes) is 4. The molecule has 1 heterocycles. The lowest BCUT2D eigenvalue weighted by molar-refractivity contribution is 0.0571. The minimum atomic E-state index is 0.418. The van der Waals surface area contributed by atoms with Crippen molar-refractivity contribution >= 4 is 0 Å². The molecule has 1 aliphatic heterocycles. The number of hydrogen-bond donors (Lipinski definition) is 1. The smallest absolute Gasteiger partial charge is 0.0616 e. The Labute approximate surface area is 114 Å². The quantitative estimate of drug-likeness (QED) is 0.592. The molecule has 0 saturated carbocycles. The third-order valence-corrected chi connectivity index (χ3v) is 4.51. The molecule has 0 radical (unpaired) electrons. The molecule has 2 unspecified atom stereocenters. The summed E-state index contributed by atoms with van der Waals surface area (Å²) < 4.78 is 5.84. The SMILES string of the molecule is CCCCCCCC1(CNCCC)CCOC1C. The molecule has 0 amide bonds. The predicted molar refractivity (Wildman–Crippen MR) is 79.0 cm³/mol. The lowest BCUT2D eigenvalue weighted by atomic mass is 9.77. The summed E-state index contributed by atoms with van der Waals surface area (Å²) in [4.78, 5) is 0. The Kier molecular flexibility index (Phi) is 7.92. The molecule has 0 aliphatic carbocycles. The molecule has 1 fully saturated rings. The highest BCUT2D eigenvalue weighted by Crippen LogP contribution is 2.39. The summed E-state index contributed by atoms with van der Waals surface area (Å²) in [6, 6.07) is 0. The summed E-state index contributed by atoms with van der Waals surface area (Å²) in [6.07, 6.45) is 11.2. The lowest BCUT2D eigenvalue weighted by Crippen LogP contribution is -2.39. The monoisotopic (exact) mass is 255 g/mol. The number of hydrogen-bond acceptors (Lipinski definition) is 2. The summed E-state index contributed by atoms with van der Waals surface area (Å²) >= 11 is 0. The van der Waals surface area contributed by atoms with E-state index in [4.69, 9.17) is 4.74 Å². The molecule has 0 aromatic heterocycles. The van der Waals surface area contributed by atoms with Crippen LogP contribution in [0.2, 0.25) is 0 Å². The van der Waals surface area contributed by atoms with E-state index in [1.807, 2.05) is 0 Å². The summed E-state index contributed by atoms with van der Waals surface area (Å²) in [5, 5.41) is 3.62. The van der Waals surface area contributed by atoms with Gasteiger partial charge in [0.2, 0.25) is 0 Å². The summed E-state index contributed by atoms with van der Waals surface area (Å²) in [6.45, 7) is 10.0. The number of rotatable bonds is 10. The molecule has 2 nitrogen and oxygen atoms in total. The van der Waals surface area contributed by atoms with Crippen molar-refractivity contribution in [2.45, 2.75) is 78.2 Å². The molecule has 2 heteroatoms. The fourth-order valence-electron chi connectivity index (χ4n) is 3.06. The fraction of sp³-hybridized carbons (Fsp3) is 1.00. The van der Waals surface area contributed by atoms with Gasteiger partial charge in [0, 0.05) is 18.6 Å². The van der Waals surface area contributed by atoms with E-state index in [2.05, 4.69) is 26.1 Å². The molecule has 0 aromatic rings. The highest BCUT2D eigenvalue weighted by Gasteiger charge is 2.40. The van der Waals surface area contributed by atoms with Gasteiger partial charge in [-0.15, -0.1) is 0 Å². The van der Waals surface area contributed by atoms with Crippen molar-refractivity contribution in [1.82, 2.24) is 5.32 Å². The van der Waals surface area contributed by atoms with Crippen molar-refractivity contribution in [3.8, 4) is 0 Å². The lowest BCUT2D eigenvalue weighted by Gasteiger charge is -2.32. The average molecular weight is 255 g/mol. The van der Waals surface area contributed by atoms with Gasteiger partial charge >= 0.3 is 0 Å². The van der Waals surface area contributed by atoms with Crippen LogP contribution in [0.4, 0.5) is 0 Å². The summed E-state index contributed by atoms with van der Waals surface area (Å²) in [5.74, 6) is 0. The second kappa shape index (κ2) is 8.92. The third kappa shape index (κ3) is 4.89. The molecule has 0 spiro atoms. The van der Waals surface area contributed by atoms with E-state index < -0.39 is 0 Å². The van der Waals surface area contributed by atoms with Gasteiger partial charge < -0.3 is 10.1 Å². The molecule has 0 bridgehead atoms. The topological polar surface area (TPSA) is 21.3 Å². The molecule has 1 rings (SSSR count). The number of nitrogens with one attached hydrogen (secondary N) is 1. The van der Waals surface area contributed by atoms with Crippen LogP contribution in [-0.4, -0.2) is 25.8 Å². The van der Waals surface area contributed by atoms with Crippen molar-refractivity contribution in [1.29, 1.82) is 0 Å². The minimum Gasteiger partial charge on any atom is -0.378 e. The van der Waals surface area contributed by atoms with E-state index in [9.17, 15) is 0 Å². The van der Waals surface area contributed by atoms with Crippen LogP contribution < -0.4 is 5.32 Å². The van der Waals surface area contributed by atoms with Crippen LogP contribution in [0, 0.1) is 5.41 Å². The zero-order chi connectivity index (χ0) is 13.3. The van der Waals surface area contributed by atoms with Crippen molar-refractivity contribution in [3.63, 3.8) is 0 Å². The molecule has 108 valence electrons. The van der Waals surface area contributed by atoms with Gasteiger partial charge in [0.1, 0.15) is 0 Å². The van der Waals surface area contributed by atoms with Gasteiger partial charge in [-0.25, -0.2) is 0 Å². The fourth-order valence-corrected chi connectivity index (χ4v) is 3.06. The van der Waals surface area contributed by atoms with Crippen LogP contribution in [0.1, 0.15) is 72.1 Å². The molecule has 0 aromatic carbocycles. The van der Waals surface area contributed by atoms with E-state index >= 15 is 0 Å². The molecule has 1 N–H and O–H groups in total. The van der Waals surface area contributed by atoms with Gasteiger partial charge in [-0.05, 0) is 32.7 Å². The Morgan fingerprint density at radius 3 is 2.50 bits per heavy atom. The van der Waals surface area contributed by atoms with Crippen LogP contribution in [0.15, 0.2) is 0 Å². The highest BCUT2D eigenvalue weighted by molar-refractivity contribution is 4.91. The standard InChI is InChI=1S/C16H33NO/c1-4-6-7-8-9-10-16(14-17-12-5-2)11-13-18-15(16)3/h15,17H,4-14H2,1-3H3. The summed E-state index contributed by atoms with van der Waals surface area (Å²) in [5.41, 5.74) is 0.418. The van der Waals surface area contributed by atoms with Gasteiger partial charge in [-0.2, -0.15) is 0 Å². The maximum Gasteiger partial charge on any atom is 0.0616 e. The van der Waals surface area contributed by atoms with Crippen molar-refractivity contribution in [2.75, 3.05) is 19.7 Å². The molecule has 1 saturated heterocycles. The number of ether oxygens (including phenoxy) is 1. The predicted octanol–water partition coefficient (Wildman–Crippen LogP) is 4.14. The second-order valence-corrected chi connectivity index (χ2v) is 5.97. The van der Waals surface area contributed by atoms with Gasteiger partial charge in [-0.3, -0.25) is 0 Å². The van der Waals surface area contributed by atoms with E-state index in [-0.39, 0.29) is 0 Å². The molecule has 1 aliphatic rings. The third-order valence-electron chi connectivity index (χ3n) is 4.51. The molecular formula is C16H33NO. The van der Waals surface area contributed by atoms with Crippen LogP contribution in [-0.2, 0) is 4.74 Å². The summed E-state index contributed by atoms with van der Waals surface area (Å²) in [7, 11) is 0. The average Bonchev–Trinajstić information content (AvgIpc) is 2.72. The van der Waals surface area contributed by atoms with Crippen LogP contribution in [0.3, 0.4) is 0 Å². The van der Waals surface area contributed by atoms with E-state index in [0.717, 1.165) is 19.7 Å². The van der Waals surface area contributed by atoms with Gasteiger partial charge in [0.15, 0.2) is 0 Å². The van der Waals surface area contributed by atoms with E-state index in [1.165, 1.54) is 51.4 Å². The Balaban J connectivity index is 2.31. The first-order valence-corrected chi connectivity index (χ1v) is 8.07. The van der Waals surface area contributed by atoms with Gasteiger partial charge in [-0.1, -0.05) is 46.0 Å². The van der Waals surface area contributed by atoms with Crippen LogP contribution >= 0.6 is 0 Å². The largest absolute Gasteiger partial charge is 0.378 e. The van der Waals surface area contributed by atoms with Crippen molar-refractivity contribution in [2.24, 2.45) is 5.41 Å². The Morgan fingerprint density at radius 2 is 1.89 bits per heavy atom. The first-order chi connectivity index (χ1) is 8.75. The van der Waals surface area contributed by atoms with E-state index in [0.29, 0.717) is 11.5 Å². The molecule has 18 heavy (non-hydrogen) atoms.